The van der Waals surface area contributed by atoms with Crippen LogP contribution in [0.1, 0.15) is 45.3 Å². The van der Waals surface area contributed by atoms with Crippen LogP contribution in [-0.2, 0) is 0 Å². The topological polar surface area (TPSA) is 74.3 Å². The summed E-state index contributed by atoms with van der Waals surface area (Å²) in [7, 11) is 0. The fourth-order valence-electron chi connectivity index (χ4n) is 19.6. The number of para-hydroxylation sites is 4. The molecule has 0 spiro atoms. The largest absolute Gasteiger partial charge is 0.304 e. The van der Waals surface area contributed by atoms with Gasteiger partial charge in [-0.2, -0.15) is 0 Å². The molecule has 0 atom stereocenters. The van der Waals surface area contributed by atoms with Crippen molar-refractivity contribution in [2.45, 2.75) is 55.4 Å². The fraction of sp³-hybridized carbons (Fsp3) is 0.0593. The molecule has 0 aliphatic rings. The number of fused-ring (bicyclic) bond motifs is 22. The molecule has 0 radical (unpaired) electrons. The van der Waals surface area contributed by atoms with Gasteiger partial charge in [-0.3, -0.25) is 4.57 Å². The van der Waals surface area contributed by atoms with Gasteiger partial charge in [0, 0.05) is 34.9 Å². The molecule has 0 saturated carbocycles. The van der Waals surface area contributed by atoms with E-state index in [9.17, 15) is 0 Å². The Kier molecular flexibility index (Phi) is 27.4. The van der Waals surface area contributed by atoms with E-state index in [1.807, 2.05) is 148 Å². The van der Waals surface area contributed by atoms with E-state index in [1.54, 1.807) is 0 Å². The van der Waals surface area contributed by atoms with Gasteiger partial charge in [-0.05, 0) is 267 Å². The van der Waals surface area contributed by atoms with Crippen molar-refractivity contribution in [3.63, 3.8) is 0 Å². The summed E-state index contributed by atoms with van der Waals surface area (Å²) in [5.74, 6) is 4.11. The third kappa shape index (κ3) is 20.1. The van der Waals surface area contributed by atoms with E-state index in [1.165, 1.54) is 168 Å². The molecule has 0 unspecified atom stereocenters. The molecule has 0 amide bonds. The van der Waals surface area contributed by atoms with Gasteiger partial charge in [-0.25, -0.2) is 24.9 Å². The van der Waals surface area contributed by atoms with Crippen molar-refractivity contribution in [2.75, 3.05) is 0 Å². The summed E-state index contributed by atoms with van der Waals surface area (Å²) < 4.78 is 4.23. The third-order valence-corrected chi connectivity index (χ3v) is 26.5. The zero-order valence-electron chi connectivity index (χ0n) is 81.1. The van der Waals surface area contributed by atoms with Gasteiger partial charge in [0.1, 0.15) is 17.5 Å². The maximum absolute atomic E-state index is 4.82. The Balaban J connectivity index is 0.000000101. The van der Waals surface area contributed by atoms with E-state index in [4.69, 9.17) is 4.98 Å². The molecular formula is C135H107N7. The summed E-state index contributed by atoms with van der Waals surface area (Å²) in [6.45, 7) is 16.7. The van der Waals surface area contributed by atoms with Gasteiger partial charge in [0.05, 0.1) is 11.0 Å². The van der Waals surface area contributed by atoms with E-state index >= 15 is 0 Å². The average molecular weight is 1830 g/mol. The second-order valence-corrected chi connectivity index (χ2v) is 36.1. The molecule has 27 aromatic rings. The summed E-state index contributed by atoms with van der Waals surface area (Å²) in [6, 6.07) is 173. The molecule has 0 fully saturated rings. The molecular weight excluding hydrogens is 1720 g/mol. The molecule has 3 aromatic heterocycles. The molecule has 0 aliphatic carbocycles. The number of nitrogens with zero attached hydrogens (tertiary/aromatic N) is 7. The van der Waals surface area contributed by atoms with Crippen LogP contribution in [0.15, 0.2) is 504 Å². The van der Waals surface area contributed by atoms with E-state index < -0.39 is 0 Å². The zero-order valence-corrected chi connectivity index (χ0v) is 81.1. The lowest BCUT2D eigenvalue weighted by Gasteiger charge is -2.11. The maximum Gasteiger partial charge on any atom is 0.163 e. The molecule has 24 aromatic carbocycles. The maximum atomic E-state index is 4.82. The molecule has 3 heterocycles. The monoisotopic (exact) mass is 1830 g/mol. The van der Waals surface area contributed by atoms with Gasteiger partial charge >= 0.3 is 0 Å². The molecule has 682 valence electrons. The summed E-state index contributed by atoms with van der Waals surface area (Å²) in [4.78, 5) is 22.8. The van der Waals surface area contributed by atoms with Crippen LogP contribution in [0.5, 0.6) is 0 Å². The van der Waals surface area contributed by atoms with Crippen molar-refractivity contribution >= 4 is 140 Å². The van der Waals surface area contributed by atoms with E-state index in [2.05, 4.69) is 440 Å². The van der Waals surface area contributed by atoms with Crippen molar-refractivity contribution in [3.05, 3.63) is 549 Å². The van der Waals surface area contributed by atoms with Crippen molar-refractivity contribution in [3.8, 4) is 56.4 Å². The van der Waals surface area contributed by atoms with Gasteiger partial charge < -0.3 is 4.57 Å². The molecule has 0 bridgehead atoms. The molecule has 0 saturated heterocycles. The van der Waals surface area contributed by atoms with Gasteiger partial charge in [-0.1, -0.05) is 460 Å². The number of aryl methyl sites for hydroxylation is 8. The predicted molar refractivity (Wildman–Crippen MR) is 606 cm³/mol. The van der Waals surface area contributed by atoms with E-state index in [0.717, 1.165) is 56.3 Å². The smallest absolute Gasteiger partial charge is 0.163 e. The van der Waals surface area contributed by atoms with Crippen molar-refractivity contribution in [1.82, 2.24) is 34.1 Å². The lowest BCUT2D eigenvalue weighted by molar-refractivity contribution is 0.975. The SMILES string of the molecule is Cc1cc2ccccc2c2ccccc12.Cc1ccc2c(ccc3ccccc32)c1.Cc1ccc2c3ccccc3c3ccccc3c2c1.Cc1ccc2ccc3ccccc3c2c1.Cc1cccc2c3ccccc3c3ccccc3c12.Cc1nc(-c2cccc(-c3ccccc3)c2)nc(-c2cccc(-c3ccccc3)c2)n1.Cc1nc2ccccc2n1-c1ccccc1.Cc1nccn1-c1ccccc1. The van der Waals surface area contributed by atoms with Crippen LogP contribution in [0, 0.1) is 55.4 Å². The third-order valence-electron chi connectivity index (χ3n) is 26.5. The summed E-state index contributed by atoms with van der Waals surface area (Å²) in [5, 5.41) is 32.3. The van der Waals surface area contributed by atoms with Crippen LogP contribution in [0.3, 0.4) is 0 Å². The summed E-state index contributed by atoms with van der Waals surface area (Å²) in [5.41, 5.74) is 17.8. The Labute approximate surface area is 829 Å². The summed E-state index contributed by atoms with van der Waals surface area (Å²) >= 11 is 0. The van der Waals surface area contributed by atoms with Crippen LogP contribution in [0.4, 0.5) is 0 Å². The quantitative estimate of drug-likeness (QED) is 0.155. The number of hydrogen-bond donors (Lipinski definition) is 0. The summed E-state index contributed by atoms with van der Waals surface area (Å²) in [6.07, 6.45) is 3.77. The number of hydrogen-bond acceptors (Lipinski definition) is 5. The van der Waals surface area contributed by atoms with Crippen LogP contribution in [0.2, 0.25) is 0 Å². The van der Waals surface area contributed by atoms with Gasteiger partial charge in [0.2, 0.25) is 0 Å². The number of aromatic nitrogens is 7. The van der Waals surface area contributed by atoms with E-state index in [0.29, 0.717) is 17.5 Å². The molecule has 7 nitrogen and oxygen atoms in total. The average Bonchev–Trinajstić information content (AvgIpc) is 1.13. The first kappa shape index (κ1) is 91.8. The Morgan fingerprint density at radius 2 is 0.528 bits per heavy atom. The highest BCUT2D eigenvalue weighted by molar-refractivity contribution is 6.27. The highest BCUT2D eigenvalue weighted by Crippen LogP contribution is 2.40. The van der Waals surface area contributed by atoms with Gasteiger partial charge in [0.15, 0.2) is 11.6 Å². The van der Waals surface area contributed by atoms with Gasteiger partial charge in [0.25, 0.3) is 0 Å². The number of benzene rings is 24. The molecule has 7 heteroatoms. The Morgan fingerprint density at radius 3 is 1.06 bits per heavy atom. The second kappa shape index (κ2) is 42.4. The molecule has 0 N–H and O–H groups in total. The lowest BCUT2D eigenvalue weighted by Crippen LogP contribution is -1.99. The predicted octanol–water partition coefficient (Wildman–Crippen LogP) is 36.2. The zero-order chi connectivity index (χ0) is 96.8. The van der Waals surface area contributed by atoms with Crippen LogP contribution in [-0.4, -0.2) is 34.1 Å². The first-order chi connectivity index (χ1) is 69.7. The minimum Gasteiger partial charge on any atom is -0.304 e. The fourth-order valence-corrected chi connectivity index (χ4v) is 19.6. The van der Waals surface area contributed by atoms with Crippen LogP contribution in [0.25, 0.3) is 197 Å². The highest BCUT2D eigenvalue weighted by Gasteiger charge is 2.16. The number of rotatable bonds is 6. The minimum absolute atomic E-state index is 0.686. The van der Waals surface area contributed by atoms with Crippen molar-refractivity contribution in [2.24, 2.45) is 0 Å². The normalized spacial score (nSPS) is 11.0. The number of imidazole rings is 2. The Morgan fingerprint density at radius 1 is 0.190 bits per heavy atom. The standard InChI is InChI=1S/C28H21N3.2C19H14.3C15H12.C14H12N2.C10H10N2/c1-20-29-27(25-16-8-14-23(18-25)21-10-4-2-5-11-21)31-28(30-20)26-17-9-15-24(19-26)22-12-6-3-7-13-22;1-13-7-6-12-18-16-9-3-2-8-14(16)15-10-4-5-11-17(15)19(13)18;1-13-10-11-18-16-8-3-2-6-14(16)15-7-4-5-9-17(15)19(18)12-13;1-11-10-12-6-2-3-8-14(12)15-9-5-4-7-13(11)15;1-11-6-9-15-13(10-11)8-7-12-4-2-3-5-14(12)15;1-11-6-7-13-9-8-12-4-2-3-5-14(12)15(13)10-11;1-11-15-13-9-5-6-10-14(13)16(11)12-7-3-2-4-8-12;1-9-11-7-8-12(9)10-5-3-2-4-6-10/h2-19H,1H3;2*2-12H,1H3;3*2-10H,1H3;2-10H,1H3;2-8H,1H3. The lowest BCUT2D eigenvalue weighted by atomic mass is 9.92. The van der Waals surface area contributed by atoms with Crippen LogP contribution >= 0.6 is 0 Å². The highest BCUT2D eigenvalue weighted by atomic mass is 15.1. The Hall–Kier alpha value is -17.9. The minimum atomic E-state index is 0.686. The van der Waals surface area contributed by atoms with Crippen LogP contribution < -0.4 is 0 Å². The first-order valence-electron chi connectivity index (χ1n) is 48.6. The Bertz CT molecular complexity index is 8950. The second-order valence-electron chi connectivity index (χ2n) is 36.1. The molecule has 0 aliphatic heterocycles. The van der Waals surface area contributed by atoms with Crippen molar-refractivity contribution < 1.29 is 0 Å². The van der Waals surface area contributed by atoms with Gasteiger partial charge in [-0.15, -0.1) is 0 Å². The van der Waals surface area contributed by atoms with E-state index in [-0.39, 0.29) is 0 Å². The molecule has 27 rings (SSSR count). The first-order valence-corrected chi connectivity index (χ1v) is 48.6. The van der Waals surface area contributed by atoms with Crippen molar-refractivity contribution in [1.29, 1.82) is 0 Å². The molecule has 142 heavy (non-hydrogen) atoms.